The monoisotopic (exact) mass is 297 g/mol. The smallest absolute Gasteiger partial charge is 0.120 e. The van der Waals surface area contributed by atoms with E-state index in [1.54, 1.807) is 18.4 Å². The molecule has 0 aliphatic rings. The molecule has 0 spiro atoms. The van der Waals surface area contributed by atoms with Crippen molar-refractivity contribution in [1.82, 2.24) is 0 Å². The third kappa shape index (κ3) is 3.00. The van der Waals surface area contributed by atoms with Gasteiger partial charge in [-0.3, -0.25) is 0 Å². The number of anilines is 1. The molecule has 0 fully saturated rings. The fraction of sp³-hybridized carbons (Fsp3) is 0.167. The fourth-order valence-corrected chi connectivity index (χ4v) is 2.58. The van der Waals surface area contributed by atoms with Crippen LogP contribution in [0.2, 0.25) is 0 Å². The molecule has 4 heteroatoms. The second-order valence-corrected chi connectivity index (χ2v) is 5.64. The molecule has 2 aromatic rings. The van der Waals surface area contributed by atoms with Crippen LogP contribution >= 0.6 is 27.3 Å². The van der Waals surface area contributed by atoms with Gasteiger partial charge in [0.15, 0.2) is 0 Å². The minimum absolute atomic E-state index is 0.829. The molecule has 2 nitrogen and oxygen atoms in total. The van der Waals surface area contributed by atoms with Gasteiger partial charge in [-0.1, -0.05) is 6.07 Å². The van der Waals surface area contributed by atoms with E-state index < -0.39 is 0 Å². The van der Waals surface area contributed by atoms with Gasteiger partial charge in [0, 0.05) is 18.3 Å². The maximum atomic E-state index is 5.17. The first-order valence-electron chi connectivity index (χ1n) is 4.89. The highest BCUT2D eigenvalue weighted by Gasteiger charge is 1.98. The minimum atomic E-state index is 0.829. The van der Waals surface area contributed by atoms with Gasteiger partial charge in [-0.05, 0) is 45.1 Å². The van der Waals surface area contributed by atoms with Gasteiger partial charge in [-0.25, -0.2) is 0 Å². The number of ether oxygens (including phenoxy) is 1. The Morgan fingerprint density at radius 1 is 1.38 bits per heavy atom. The van der Waals surface area contributed by atoms with Gasteiger partial charge in [-0.15, -0.1) is 11.3 Å². The van der Waals surface area contributed by atoms with E-state index in [1.165, 1.54) is 5.56 Å². The lowest BCUT2D eigenvalue weighted by molar-refractivity contribution is 0.415. The molecule has 2 rings (SSSR count). The van der Waals surface area contributed by atoms with Crippen LogP contribution in [0.25, 0.3) is 0 Å². The van der Waals surface area contributed by atoms with Crippen molar-refractivity contribution in [2.24, 2.45) is 0 Å². The number of benzene rings is 1. The van der Waals surface area contributed by atoms with Crippen molar-refractivity contribution in [2.45, 2.75) is 6.54 Å². The van der Waals surface area contributed by atoms with Crippen molar-refractivity contribution in [3.05, 3.63) is 45.1 Å². The lowest BCUT2D eigenvalue weighted by atomic mass is 10.3. The predicted molar refractivity (Wildman–Crippen MR) is 72.3 cm³/mol. The second kappa shape index (κ2) is 5.37. The second-order valence-electron chi connectivity index (χ2n) is 3.34. The average molecular weight is 298 g/mol. The molecule has 16 heavy (non-hydrogen) atoms. The summed E-state index contributed by atoms with van der Waals surface area (Å²) >= 11 is 5.15. The quantitative estimate of drug-likeness (QED) is 0.916. The maximum absolute atomic E-state index is 5.17. The van der Waals surface area contributed by atoms with Crippen LogP contribution in [0, 0.1) is 0 Å². The number of methoxy groups -OCH3 is 1. The van der Waals surface area contributed by atoms with Crippen LogP contribution in [0.5, 0.6) is 5.75 Å². The van der Waals surface area contributed by atoms with Crippen molar-refractivity contribution in [3.8, 4) is 5.75 Å². The average Bonchev–Trinajstić information content (AvgIpc) is 2.73. The molecule has 1 aromatic carbocycles. The van der Waals surface area contributed by atoms with Crippen LogP contribution in [0.3, 0.4) is 0 Å². The molecule has 0 saturated carbocycles. The number of nitrogens with one attached hydrogen (secondary N) is 1. The molecule has 0 saturated heterocycles. The molecule has 0 amide bonds. The Bertz CT molecular complexity index is 470. The molecular weight excluding hydrogens is 286 g/mol. The van der Waals surface area contributed by atoms with Crippen molar-refractivity contribution in [1.29, 1.82) is 0 Å². The molecule has 1 aromatic heterocycles. The highest BCUT2D eigenvalue weighted by Crippen LogP contribution is 2.22. The summed E-state index contributed by atoms with van der Waals surface area (Å²) in [6, 6.07) is 10.1. The minimum Gasteiger partial charge on any atom is -0.497 e. The summed E-state index contributed by atoms with van der Waals surface area (Å²) in [6.07, 6.45) is 0. The Morgan fingerprint density at radius 2 is 2.25 bits per heavy atom. The Hall–Kier alpha value is -1.00. The van der Waals surface area contributed by atoms with Gasteiger partial charge in [0.05, 0.1) is 10.9 Å². The van der Waals surface area contributed by atoms with Crippen LogP contribution in [0.15, 0.2) is 39.5 Å². The zero-order valence-electron chi connectivity index (χ0n) is 8.87. The normalized spacial score (nSPS) is 10.1. The highest BCUT2D eigenvalue weighted by atomic mass is 79.9. The molecule has 1 N–H and O–H groups in total. The molecule has 1 heterocycles. The summed E-state index contributed by atoms with van der Waals surface area (Å²) in [5.74, 6) is 0.872. The molecule has 0 atom stereocenters. The summed E-state index contributed by atoms with van der Waals surface area (Å²) in [5.41, 5.74) is 2.35. The summed E-state index contributed by atoms with van der Waals surface area (Å²) in [4.78, 5) is 0. The Morgan fingerprint density at radius 3 is 2.94 bits per heavy atom. The molecule has 0 radical (unpaired) electrons. The lowest BCUT2D eigenvalue weighted by Gasteiger charge is -2.06. The largest absolute Gasteiger partial charge is 0.497 e. The van der Waals surface area contributed by atoms with Crippen LogP contribution < -0.4 is 10.1 Å². The van der Waals surface area contributed by atoms with Crippen molar-refractivity contribution < 1.29 is 4.74 Å². The van der Waals surface area contributed by atoms with Gasteiger partial charge in [0.2, 0.25) is 0 Å². The zero-order valence-corrected chi connectivity index (χ0v) is 11.3. The number of thiophene rings is 1. The first-order valence-corrected chi connectivity index (χ1v) is 6.56. The van der Waals surface area contributed by atoms with Gasteiger partial charge in [-0.2, -0.15) is 0 Å². The van der Waals surface area contributed by atoms with Gasteiger partial charge in [0.1, 0.15) is 5.75 Å². The summed E-state index contributed by atoms with van der Waals surface area (Å²) in [6.45, 7) is 0.829. The van der Waals surface area contributed by atoms with Crippen LogP contribution in [0.1, 0.15) is 5.56 Å². The predicted octanol–water partition coefficient (Wildman–Crippen LogP) is 4.13. The van der Waals surface area contributed by atoms with Crippen molar-refractivity contribution in [3.63, 3.8) is 0 Å². The van der Waals surface area contributed by atoms with Gasteiger partial charge < -0.3 is 10.1 Å². The van der Waals surface area contributed by atoms with E-state index in [4.69, 9.17) is 4.74 Å². The fourth-order valence-electron chi connectivity index (χ4n) is 1.38. The van der Waals surface area contributed by atoms with Crippen molar-refractivity contribution >= 4 is 33.0 Å². The SMILES string of the molecule is COc1cccc(NCc2csc(Br)c2)c1. The first-order chi connectivity index (χ1) is 7.78. The summed E-state index contributed by atoms with van der Waals surface area (Å²) in [5, 5.41) is 5.49. The number of hydrogen-bond acceptors (Lipinski definition) is 3. The van der Waals surface area contributed by atoms with E-state index in [0.29, 0.717) is 0 Å². The lowest BCUT2D eigenvalue weighted by Crippen LogP contribution is -1.97. The Kier molecular flexibility index (Phi) is 3.85. The summed E-state index contributed by atoms with van der Waals surface area (Å²) in [7, 11) is 1.68. The molecule has 0 aliphatic heterocycles. The third-order valence-corrected chi connectivity index (χ3v) is 3.74. The van der Waals surface area contributed by atoms with E-state index >= 15 is 0 Å². The van der Waals surface area contributed by atoms with Crippen LogP contribution in [-0.2, 0) is 6.54 Å². The van der Waals surface area contributed by atoms with E-state index in [9.17, 15) is 0 Å². The highest BCUT2D eigenvalue weighted by molar-refractivity contribution is 9.11. The van der Waals surface area contributed by atoms with Crippen LogP contribution in [0.4, 0.5) is 5.69 Å². The standard InChI is InChI=1S/C12H12BrNOS/c1-15-11-4-2-3-10(6-11)14-7-9-5-12(13)16-8-9/h2-6,8,14H,7H2,1H3. The molecular formula is C12H12BrNOS. The zero-order chi connectivity index (χ0) is 11.4. The topological polar surface area (TPSA) is 21.3 Å². The Balaban J connectivity index is 1.99. The molecule has 0 aliphatic carbocycles. The number of hydrogen-bond donors (Lipinski definition) is 1. The van der Waals surface area contributed by atoms with Gasteiger partial charge in [0.25, 0.3) is 0 Å². The first kappa shape index (κ1) is 11.5. The van der Waals surface area contributed by atoms with E-state index in [0.717, 1.165) is 21.8 Å². The molecule has 84 valence electrons. The number of halogens is 1. The van der Waals surface area contributed by atoms with Crippen LogP contribution in [-0.4, -0.2) is 7.11 Å². The third-order valence-electron chi connectivity index (χ3n) is 2.19. The Labute approximate surface area is 107 Å². The van der Waals surface area contributed by atoms with E-state index in [1.807, 2.05) is 24.3 Å². The van der Waals surface area contributed by atoms with E-state index in [-0.39, 0.29) is 0 Å². The number of rotatable bonds is 4. The van der Waals surface area contributed by atoms with Crippen molar-refractivity contribution in [2.75, 3.05) is 12.4 Å². The summed E-state index contributed by atoms with van der Waals surface area (Å²) < 4.78 is 6.33. The van der Waals surface area contributed by atoms with E-state index in [2.05, 4.69) is 32.7 Å². The molecule has 0 unspecified atom stereocenters. The maximum Gasteiger partial charge on any atom is 0.120 e. The van der Waals surface area contributed by atoms with Gasteiger partial charge >= 0.3 is 0 Å². The molecule has 0 bridgehead atoms.